The monoisotopic (exact) mass is 521 g/mol. The molecule has 2 aromatic carbocycles. The number of primary amides is 1. The van der Waals surface area contributed by atoms with Crippen molar-refractivity contribution in [1.29, 1.82) is 0 Å². The number of aryl methyl sites for hydroxylation is 1. The van der Waals surface area contributed by atoms with E-state index in [1.54, 1.807) is 12.2 Å². The van der Waals surface area contributed by atoms with Gasteiger partial charge in [0.2, 0.25) is 0 Å². The molecule has 0 aliphatic heterocycles. The molecule has 0 saturated carbocycles. The number of fused-ring (bicyclic) bond motifs is 1. The molecule has 0 aliphatic rings. The third kappa shape index (κ3) is 5.81. The minimum atomic E-state index is -5.08. The summed E-state index contributed by atoms with van der Waals surface area (Å²) in [5.41, 5.74) is 3.47. The largest absolute Gasteiger partial charge is 0.445 e. The number of nitrogens with zero attached hydrogens (tertiary/aromatic N) is 1. The third-order valence-corrected chi connectivity index (χ3v) is 5.49. The van der Waals surface area contributed by atoms with Crippen molar-refractivity contribution < 1.29 is 40.7 Å². The first-order valence-corrected chi connectivity index (χ1v) is 10.4. The van der Waals surface area contributed by atoms with E-state index in [0.717, 1.165) is 12.1 Å². The molecule has 3 rings (SSSR count). The summed E-state index contributed by atoms with van der Waals surface area (Å²) in [5.74, 6) is -1.16. The van der Waals surface area contributed by atoms with E-state index in [-0.39, 0.29) is 23.9 Å². The van der Waals surface area contributed by atoms with Gasteiger partial charge in [-0.2, -0.15) is 26.3 Å². The first kappa shape index (κ1) is 26.2. The number of nitrogens with one attached hydrogen (secondary N) is 1. The maximum atomic E-state index is 13.8. The van der Waals surface area contributed by atoms with Gasteiger partial charge in [-0.3, -0.25) is 4.79 Å². The topological polar surface area (TPSA) is 86.3 Å². The number of alkyl halides is 6. The minimum Gasteiger partial charge on any atom is -0.445 e. The van der Waals surface area contributed by atoms with Gasteiger partial charge in [-0.25, -0.2) is 4.79 Å². The van der Waals surface area contributed by atoms with Gasteiger partial charge in [0.1, 0.15) is 12.3 Å². The smallest absolute Gasteiger partial charge is 0.416 e. The van der Waals surface area contributed by atoms with Gasteiger partial charge in [0.15, 0.2) is 6.04 Å². The number of halogens is 7. The number of carbonyl (C=O) groups excluding carboxylic acids is 2. The Morgan fingerprint density at radius 3 is 2.37 bits per heavy atom. The quantitative estimate of drug-likeness (QED) is 0.392. The second-order valence-corrected chi connectivity index (χ2v) is 7.86. The molecule has 2 amide bonds. The highest BCUT2D eigenvalue weighted by molar-refractivity contribution is 6.32. The maximum absolute atomic E-state index is 13.8. The molecule has 0 bridgehead atoms. The number of aromatic nitrogens is 1. The fourth-order valence-corrected chi connectivity index (χ4v) is 3.79. The van der Waals surface area contributed by atoms with E-state index in [2.05, 4.69) is 0 Å². The zero-order valence-corrected chi connectivity index (χ0v) is 18.7. The first-order valence-electron chi connectivity index (χ1n) is 10.0. The van der Waals surface area contributed by atoms with E-state index in [1.165, 1.54) is 22.8 Å². The van der Waals surface area contributed by atoms with E-state index < -0.39 is 41.5 Å². The highest BCUT2D eigenvalue weighted by Gasteiger charge is 2.43. The summed E-state index contributed by atoms with van der Waals surface area (Å²) in [7, 11) is 0. The Morgan fingerprint density at radius 2 is 1.80 bits per heavy atom. The number of benzene rings is 2. The molecule has 188 valence electrons. The molecule has 6 nitrogen and oxygen atoms in total. The summed E-state index contributed by atoms with van der Waals surface area (Å²) in [5, 5.41) is 2.37. The van der Waals surface area contributed by atoms with Crippen LogP contribution in [-0.2, 0) is 24.1 Å². The Hall–Kier alpha value is -3.41. The summed E-state index contributed by atoms with van der Waals surface area (Å²) in [6, 6.07) is 4.22. The van der Waals surface area contributed by atoms with Crippen molar-refractivity contribution in [2.45, 2.75) is 38.5 Å². The zero-order chi connectivity index (χ0) is 26.1. The Kier molecular flexibility index (Phi) is 7.25. The number of hydrogen-bond acceptors (Lipinski definition) is 3. The van der Waals surface area contributed by atoms with Crippen LogP contribution in [0.3, 0.4) is 0 Å². The van der Waals surface area contributed by atoms with Crippen LogP contribution in [0.2, 0.25) is 5.02 Å². The summed E-state index contributed by atoms with van der Waals surface area (Å²) in [6.45, 7) is 1.54. The molecule has 1 heterocycles. The molecule has 0 radical (unpaired) electrons. The predicted molar refractivity (Wildman–Crippen MR) is 115 cm³/mol. The Bertz CT molecular complexity index is 1270. The number of rotatable bonds is 6. The summed E-state index contributed by atoms with van der Waals surface area (Å²) >= 11 is 6.19. The van der Waals surface area contributed by atoms with Crippen LogP contribution >= 0.6 is 11.6 Å². The van der Waals surface area contributed by atoms with E-state index in [1.807, 2.05) is 0 Å². The SMILES string of the molecule is CCn1c(C(=O)NC(c2cccc(C(F)(F)F)c2)C(F)(F)F)cc2cc(COC(N)=O)c(Cl)cc21. The molecular formula is C22H18ClF6N3O3. The van der Waals surface area contributed by atoms with Crippen molar-refractivity contribution in [3.05, 3.63) is 69.9 Å². The van der Waals surface area contributed by atoms with Gasteiger partial charge in [0, 0.05) is 22.5 Å². The van der Waals surface area contributed by atoms with Gasteiger partial charge in [0.25, 0.3) is 5.91 Å². The van der Waals surface area contributed by atoms with Crippen LogP contribution in [0.15, 0.2) is 42.5 Å². The van der Waals surface area contributed by atoms with Crippen molar-refractivity contribution in [2.24, 2.45) is 5.73 Å². The summed E-state index contributed by atoms with van der Waals surface area (Å²) in [6.07, 6.45) is -11.0. The lowest BCUT2D eigenvalue weighted by Gasteiger charge is -2.23. The van der Waals surface area contributed by atoms with Crippen molar-refractivity contribution in [3.8, 4) is 0 Å². The number of hydrogen-bond donors (Lipinski definition) is 2. The van der Waals surface area contributed by atoms with E-state index in [0.29, 0.717) is 28.6 Å². The fraction of sp³-hybridized carbons (Fsp3) is 0.273. The van der Waals surface area contributed by atoms with Crippen LogP contribution in [-0.4, -0.2) is 22.7 Å². The molecule has 1 aromatic heterocycles. The minimum absolute atomic E-state index is 0.163. The molecule has 35 heavy (non-hydrogen) atoms. The average Bonchev–Trinajstić information content (AvgIpc) is 3.11. The van der Waals surface area contributed by atoms with Gasteiger partial charge in [-0.1, -0.05) is 23.7 Å². The van der Waals surface area contributed by atoms with Crippen LogP contribution in [0.1, 0.15) is 40.1 Å². The number of ether oxygens (including phenoxy) is 1. The predicted octanol–water partition coefficient (Wildman–Crippen LogP) is 5.96. The Balaban J connectivity index is 2.01. The third-order valence-electron chi connectivity index (χ3n) is 5.14. The van der Waals surface area contributed by atoms with Crippen LogP contribution in [0.4, 0.5) is 31.1 Å². The first-order chi connectivity index (χ1) is 16.2. The standard InChI is InChI=1S/C22H18ClF6N3O3/c1-2-32-16-9-15(23)13(10-35-20(30)34)6-12(16)8-17(32)19(33)31-18(22(27,28)29)11-4-3-5-14(7-11)21(24,25)26/h3-9,18H,2,10H2,1H3,(H2,30,34)(H,31,33). The van der Waals surface area contributed by atoms with E-state index in [9.17, 15) is 35.9 Å². The number of amides is 2. The Morgan fingerprint density at radius 1 is 1.11 bits per heavy atom. The molecule has 3 N–H and O–H groups in total. The molecule has 1 unspecified atom stereocenters. The molecule has 1 atom stereocenters. The number of nitrogens with two attached hydrogens (primary N) is 1. The van der Waals surface area contributed by atoms with Crippen LogP contribution in [0.5, 0.6) is 0 Å². The van der Waals surface area contributed by atoms with Crippen molar-refractivity contribution in [2.75, 3.05) is 0 Å². The normalized spacial score (nSPS) is 13.0. The molecule has 0 saturated heterocycles. The lowest BCUT2D eigenvalue weighted by atomic mass is 10.0. The van der Waals surface area contributed by atoms with Gasteiger partial charge < -0.3 is 20.4 Å². The fourth-order valence-electron chi connectivity index (χ4n) is 3.57. The highest BCUT2D eigenvalue weighted by atomic mass is 35.5. The Labute approximate surface area is 199 Å². The number of carbonyl (C=O) groups is 2. The molecule has 0 aliphatic carbocycles. The summed E-state index contributed by atoms with van der Waals surface area (Å²) < 4.78 is 86.5. The highest BCUT2D eigenvalue weighted by Crippen LogP contribution is 2.37. The van der Waals surface area contributed by atoms with E-state index in [4.69, 9.17) is 22.1 Å². The van der Waals surface area contributed by atoms with Crippen molar-refractivity contribution >= 4 is 34.5 Å². The lowest BCUT2D eigenvalue weighted by molar-refractivity contribution is -0.156. The molecule has 13 heteroatoms. The molecular weight excluding hydrogens is 504 g/mol. The van der Waals surface area contributed by atoms with Crippen molar-refractivity contribution in [1.82, 2.24) is 9.88 Å². The van der Waals surface area contributed by atoms with Crippen LogP contribution in [0, 0.1) is 0 Å². The lowest BCUT2D eigenvalue weighted by Crippen LogP contribution is -2.39. The van der Waals surface area contributed by atoms with Gasteiger partial charge in [-0.15, -0.1) is 0 Å². The zero-order valence-electron chi connectivity index (χ0n) is 17.9. The second-order valence-electron chi connectivity index (χ2n) is 7.46. The van der Waals surface area contributed by atoms with Crippen molar-refractivity contribution in [3.63, 3.8) is 0 Å². The molecule has 0 spiro atoms. The maximum Gasteiger partial charge on any atom is 0.416 e. The van der Waals surface area contributed by atoms with Gasteiger partial charge in [0.05, 0.1) is 11.1 Å². The van der Waals surface area contributed by atoms with E-state index >= 15 is 0 Å². The summed E-state index contributed by atoms with van der Waals surface area (Å²) in [4.78, 5) is 23.8. The second kappa shape index (κ2) is 9.68. The van der Waals surface area contributed by atoms with Gasteiger partial charge >= 0.3 is 18.4 Å². The molecule has 3 aromatic rings. The van der Waals surface area contributed by atoms with Crippen LogP contribution < -0.4 is 11.1 Å². The van der Waals surface area contributed by atoms with Crippen LogP contribution in [0.25, 0.3) is 10.9 Å². The molecule has 0 fully saturated rings. The van der Waals surface area contributed by atoms with Gasteiger partial charge in [-0.05, 0) is 42.8 Å². The average molecular weight is 522 g/mol.